The Labute approximate surface area is 151 Å². The van der Waals surface area contributed by atoms with Crippen molar-refractivity contribution in [3.05, 3.63) is 23.3 Å². The van der Waals surface area contributed by atoms with E-state index >= 15 is 0 Å². The standard InChI is InChI=1S/C20H33N3S/c1-5-7-13-24-14-10-8-9-12-23-19(11-6-2)22-18-15-21-17(4)16(3)20(18)23/h15H,5-14H2,1-4H3. The van der Waals surface area contributed by atoms with Crippen molar-refractivity contribution in [3.63, 3.8) is 0 Å². The lowest BCUT2D eigenvalue weighted by molar-refractivity contribution is 0.589. The monoisotopic (exact) mass is 347 g/mol. The quantitative estimate of drug-likeness (QED) is 0.488. The van der Waals surface area contributed by atoms with Crippen LogP contribution in [0.3, 0.4) is 0 Å². The summed E-state index contributed by atoms with van der Waals surface area (Å²) >= 11 is 2.12. The predicted octanol–water partition coefficient (Wildman–Crippen LogP) is 5.70. The predicted molar refractivity (Wildman–Crippen MR) is 107 cm³/mol. The van der Waals surface area contributed by atoms with E-state index in [0.717, 1.165) is 30.6 Å². The molecule has 0 aliphatic carbocycles. The molecule has 2 aromatic rings. The Morgan fingerprint density at radius 1 is 1.00 bits per heavy atom. The number of aryl methyl sites for hydroxylation is 4. The molecule has 0 saturated heterocycles. The van der Waals surface area contributed by atoms with E-state index in [4.69, 9.17) is 4.98 Å². The van der Waals surface area contributed by atoms with Crippen LogP contribution in [0.5, 0.6) is 0 Å². The Hall–Kier alpha value is -1.03. The summed E-state index contributed by atoms with van der Waals surface area (Å²) < 4.78 is 2.47. The van der Waals surface area contributed by atoms with Gasteiger partial charge in [0.15, 0.2) is 0 Å². The summed E-state index contributed by atoms with van der Waals surface area (Å²) in [7, 11) is 0. The Balaban J connectivity index is 1.96. The second-order valence-corrected chi connectivity index (χ2v) is 7.88. The van der Waals surface area contributed by atoms with E-state index in [2.05, 4.69) is 49.0 Å². The smallest absolute Gasteiger partial charge is 0.109 e. The molecule has 0 atom stereocenters. The van der Waals surface area contributed by atoms with Crippen LogP contribution in [0.25, 0.3) is 11.0 Å². The van der Waals surface area contributed by atoms with Crippen molar-refractivity contribution < 1.29 is 0 Å². The largest absolute Gasteiger partial charge is 0.328 e. The maximum atomic E-state index is 4.85. The van der Waals surface area contributed by atoms with E-state index in [9.17, 15) is 0 Å². The van der Waals surface area contributed by atoms with Crippen molar-refractivity contribution in [2.24, 2.45) is 0 Å². The van der Waals surface area contributed by atoms with Crippen LogP contribution in [0.15, 0.2) is 6.20 Å². The number of hydrogen-bond donors (Lipinski definition) is 0. The molecule has 2 rings (SSSR count). The van der Waals surface area contributed by atoms with Crippen molar-refractivity contribution in [2.75, 3.05) is 11.5 Å². The Kier molecular flexibility index (Phi) is 8.10. The number of hydrogen-bond acceptors (Lipinski definition) is 3. The highest BCUT2D eigenvalue weighted by Crippen LogP contribution is 2.23. The van der Waals surface area contributed by atoms with E-state index in [1.54, 1.807) is 0 Å². The fourth-order valence-electron chi connectivity index (χ4n) is 3.08. The van der Waals surface area contributed by atoms with Crippen LogP contribution < -0.4 is 0 Å². The maximum Gasteiger partial charge on any atom is 0.109 e. The van der Waals surface area contributed by atoms with Crippen molar-refractivity contribution in [1.82, 2.24) is 14.5 Å². The first-order valence-electron chi connectivity index (χ1n) is 9.58. The molecule has 0 radical (unpaired) electrons. The number of unbranched alkanes of at least 4 members (excludes halogenated alkanes) is 3. The third-order valence-corrected chi connectivity index (χ3v) is 5.79. The Morgan fingerprint density at radius 3 is 2.54 bits per heavy atom. The molecule has 2 heterocycles. The van der Waals surface area contributed by atoms with Crippen LogP contribution in [0.1, 0.15) is 69.5 Å². The van der Waals surface area contributed by atoms with Gasteiger partial charge in [0, 0.05) is 18.7 Å². The van der Waals surface area contributed by atoms with Gasteiger partial charge < -0.3 is 4.57 Å². The summed E-state index contributed by atoms with van der Waals surface area (Å²) in [5.41, 5.74) is 4.79. The van der Waals surface area contributed by atoms with Crippen LogP contribution in [0, 0.1) is 13.8 Å². The van der Waals surface area contributed by atoms with Gasteiger partial charge in [-0.3, -0.25) is 4.98 Å². The summed E-state index contributed by atoms with van der Waals surface area (Å²) in [4.78, 5) is 9.34. The normalized spacial score (nSPS) is 11.5. The zero-order chi connectivity index (χ0) is 17.4. The van der Waals surface area contributed by atoms with E-state index in [0.29, 0.717) is 0 Å². The molecule has 0 fully saturated rings. The SMILES string of the molecule is CCCCSCCCCCn1c(CCC)nc2cnc(C)c(C)c21. The van der Waals surface area contributed by atoms with Gasteiger partial charge in [-0.25, -0.2) is 4.98 Å². The molecule has 4 heteroatoms. The lowest BCUT2D eigenvalue weighted by Gasteiger charge is -2.11. The molecule has 0 aromatic carbocycles. The zero-order valence-electron chi connectivity index (χ0n) is 15.9. The summed E-state index contributed by atoms with van der Waals surface area (Å²) in [5.74, 6) is 3.88. The molecule has 0 aliphatic rings. The van der Waals surface area contributed by atoms with Crippen molar-refractivity contribution in [3.8, 4) is 0 Å². The number of aromatic nitrogens is 3. The van der Waals surface area contributed by atoms with Gasteiger partial charge in [-0.2, -0.15) is 11.8 Å². The second kappa shape index (κ2) is 10.1. The topological polar surface area (TPSA) is 30.7 Å². The van der Waals surface area contributed by atoms with Crippen LogP contribution in [-0.2, 0) is 13.0 Å². The van der Waals surface area contributed by atoms with Gasteiger partial charge in [0.05, 0.1) is 11.7 Å². The highest BCUT2D eigenvalue weighted by molar-refractivity contribution is 7.99. The Bertz CT molecular complexity index is 633. The molecular weight excluding hydrogens is 314 g/mol. The first-order valence-corrected chi connectivity index (χ1v) is 10.7. The molecule has 0 bridgehead atoms. The molecule has 0 aliphatic heterocycles. The second-order valence-electron chi connectivity index (χ2n) is 6.66. The van der Waals surface area contributed by atoms with Crippen LogP contribution >= 0.6 is 11.8 Å². The molecule has 0 saturated carbocycles. The van der Waals surface area contributed by atoms with E-state index in [-0.39, 0.29) is 0 Å². The zero-order valence-corrected chi connectivity index (χ0v) is 16.7. The minimum absolute atomic E-state index is 1.06. The number of rotatable bonds is 11. The average molecular weight is 348 g/mol. The van der Waals surface area contributed by atoms with Gasteiger partial charge in [-0.15, -0.1) is 0 Å². The lowest BCUT2D eigenvalue weighted by Crippen LogP contribution is -2.05. The molecule has 3 nitrogen and oxygen atoms in total. The summed E-state index contributed by atoms with van der Waals surface area (Å²) in [6.45, 7) is 9.87. The molecule has 24 heavy (non-hydrogen) atoms. The van der Waals surface area contributed by atoms with Gasteiger partial charge in [0.2, 0.25) is 0 Å². The van der Waals surface area contributed by atoms with Gasteiger partial charge in [0.1, 0.15) is 11.3 Å². The number of nitrogens with zero attached hydrogens (tertiary/aromatic N) is 3. The average Bonchev–Trinajstić information content (AvgIpc) is 2.92. The van der Waals surface area contributed by atoms with Crippen LogP contribution in [0.2, 0.25) is 0 Å². The summed E-state index contributed by atoms with van der Waals surface area (Å²) in [6, 6.07) is 0. The number of fused-ring (bicyclic) bond motifs is 1. The van der Waals surface area contributed by atoms with Crippen molar-refractivity contribution in [1.29, 1.82) is 0 Å². The molecule has 134 valence electrons. The molecule has 0 N–H and O–H groups in total. The van der Waals surface area contributed by atoms with Gasteiger partial charge in [0.25, 0.3) is 0 Å². The Morgan fingerprint density at radius 2 is 1.79 bits per heavy atom. The third-order valence-electron chi connectivity index (χ3n) is 4.64. The van der Waals surface area contributed by atoms with Crippen LogP contribution in [-0.4, -0.2) is 26.0 Å². The fraction of sp³-hybridized carbons (Fsp3) is 0.700. The molecule has 0 amide bonds. The molecular formula is C20H33N3S. The minimum atomic E-state index is 1.06. The highest BCUT2D eigenvalue weighted by Gasteiger charge is 2.13. The van der Waals surface area contributed by atoms with E-state index in [1.165, 1.54) is 60.5 Å². The minimum Gasteiger partial charge on any atom is -0.328 e. The highest BCUT2D eigenvalue weighted by atomic mass is 32.2. The van der Waals surface area contributed by atoms with Crippen molar-refractivity contribution >= 4 is 22.8 Å². The summed E-state index contributed by atoms with van der Waals surface area (Å²) in [5, 5.41) is 0. The fourth-order valence-corrected chi connectivity index (χ4v) is 4.19. The molecule has 2 aromatic heterocycles. The molecule has 0 unspecified atom stereocenters. The first-order chi connectivity index (χ1) is 11.7. The van der Waals surface area contributed by atoms with Gasteiger partial charge in [-0.05, 0) is 56.6 Å². The molecule has 0 spiro atoms. The maximum absolute atomic E-state index is 4.85. The van der Waals surface area contributed by atoms with Gasteiger partial charge >= 0.3 is 0 Å². The van der Waals surface area contributed by atoms with E-state index < -0.39 is 0 Å². The third kappa shape index (κ3) is 4.98. The lowest BCUT2D eigenvalue weighted by atomic mass is 10.2. The summed E-state index contributed by atoms with van der Waals surface area (Å²) in [6.07, 6.45) is 10.7. The number of thioether (sulfide) groups is 1. The number of imidazole rings is 1. The van der Waals surface area contributed by atoms with E-state index in [1.807, 2.05) is 6.20 Å². The first kappa shape index (κ1) is 19.3. The van der Waals surface area contributed by atoms with Crippen LogP contribution in [0.4, 0.5) is 0 Å². The number of pyridine rings is 1. The van der Waals surface area contributed by atoms with Gasteiger partial charge in [-0.1, -0.05) is 26.7 Å². The van der Waals surface area contributed by atoms with Crippen molar-refractivity contribution in [2.45, 2.75) is 79.2 Å².